The van der Waals surface area contributed by atoms with E-state index in [0.29, 0.717) is 5.69 Å². The van der Waals surface area contributed by atoms with Gasteiger partial charge in [0.25, 0.3) is 0 Å². The molecule has 0 bridgehead atoms. The first kappa shape index (κ1) is 19.4. The van der Waals surface area contributed by atoms with Crippen molar-refractivity contribution in [3.8, 4) is 48.0 Å². The van der Waals surface area contributed by atoms with Crippen molar-refractivity contribution in [3.05, 3.63) is 90.3 Å². The maximum atomic E-state index is 10.9. The Morgan fingerprint density at radius 2 is 1.31 bits per heavy atom. The van der Waals surface area contributed by atoms with E-state index in [1.54, 1.807) is 22.7 Å². The van der Waals surface area contributed by atoms with Gasteiger partial charge in [0.15, 0.2) is 5.06 Å². The molecule has 32 heavy (non-hydrogen) atoms. The Hall–Kier alpha value is -3.32. The molecule has 0 fully saturated rings. The summed E-state index contributed by atoms with van der Waals surface area (Å²) in [5.74, 6) is 0. The first-order chi connectivity index (χ1) is 15.8. The lowest BCUT2D eigenvalue weighted by atomic mass is 10.1. The first-order valence-corrected chi connectivity index (χ1v) is 12.6. The Bertz CT molecular complexity index is 1530. The monoisotopic (exact) mass is 468 g/mol. The van der Waals surface area contributed by atoms with Crippen molar-refractivity contribution in [2.75, 3.05) is 0 Å². The summed E-state index contributed by atoms with van der Waals surface area (Å²) in [6.07, 6.45) is 0. The lowest BCUT2D eigenvalue weighted by Gasteiger charge is -2.01. The van der Waals surface area contributed by atoms with Crippen LogP contribution in [0, 0.1) is 0 Å². The molecule has 0 spiro atoms. The zero-order chi connectivity index (χ0) is 21.5. The zero-order valence-corrected chi connectivity index (χ0v) is 19.2. The molecule has 6 rings (SSSR count). The minimum absolute atomic E-state index is 0.229. The molecule has 0 aliphatic rings. The molecule has 0 atom stereocenters. The number of benzene rings is 3. The summed E-state index contributed by atoms with van der Waals surface area (Å²) in [5, 5.41) is 16.1. The third-order valence-electron chi connectivity index (χ3n) is 5.22. The lowest BCUT2D eigenvalue weighted by molar-refractivity contribution is 0.491. The number of hydrogen-bond acceptors (Lipinski definition) is 6. The predicted octanol–water partition coefficient (Wildman–Crippen LogP) is 8.19. The smallest absolute Gasteiger partial charge is 0.200 e. The fraction of sp³-hybridized carbons (Fsp3) is 0. The molecular weight excluding hydrogens is 453 g/mol. The van der Waals surface area contributed by atoms with Crippen molar-refractivity contribution in [2.24, 2.45) is 0 Å². The van der Waals surface area contributed by atoms with E-state index in [4.69, 9.17) is 9.97 Å². The number of hydrogen-bond donors (Lipinski definition) is 1. The number of fused-ring (bicyclic) bond motifs is 1. The van der Waals surface area contributed by atoms with Crippen LogP contribution in [0.2, 0.25) is 0 Å². The Labute approximate surface area is 196 Å². The van der Waals surface area contributed by atoms with Gasteiger partial charge in [0.2, 0.25) is 0 Å². The Kier molecular flexibility index (Phi) is 4.83. The Morgan fingerprint density at radius 3 is 2.06 bits per heavy atom. The molecule has 0 radical (unpaired) electrons. The van der Waals surface area contributed by atoms with E-state index in [-0.39, 0.29) is 5.06 Å². The van der Waals surface area contributed by atoms with Gasteiger partial charge in [0.05, 0.1) is 10.6 Å². The van der Waals surface area contributed by atoms with E-state index >= 15 is 0 Å². The lowest BCUT2D eigenvalue weighted by Crippen LogP contribution is -1.83. The van der Waals surface area contributed by atoms with Crippen molar-refractivity contribution >= 4 is 44.1 Å². The molecule has 6 heteroatoms. The van der Waals surface area contributed by atoms with Crippen LogP contribution in [-0.2, 0) is 0 Å². The van der Waals surface area contributed by atoms with E-state index < -0.39 is 0 Å². The predicted molar refractivity (Wildman–Crippen MR) is 137 cm³/mol. The van der Waals surface area contributed by atoms with Crippen molar-refractivity contribution in [3.63, 3.8) is 0 Å². The van der Waals surface area contributed by atoms with Gasteiger partial charge in [-0.1, -0.05) is 90.2 Å². The molecule has 1 N–H and O–H groups in total. The van der Waals surface area contributed by atoms with Gasteiger partial charge >= 0.3 is 0 Å². The summed E-state index contributed by atoms with van der Waals surface area (Å²) in [6.45, 7) is 0. The van der Waals surface area contributed by atoms with Crippen LogP contribution in [0.25, 0.3) is 53.1 Å². The average molecular weight is 469 g/mol. The molecule has 0 saturated heterocycles. The number of thiophene rings is 1. The fourth-order valence-electron chi connectivity index (χ4n) is 3.73. The minimum atomic E-state index is 0.229. The number of thiazole rings is 2. The van der Waals surface area contributed by atoms with E-state index in [1.807, 2.05) is 60.7 Å². The maximum absolute atomic E-state index is 10.9. The van der Waals surface area contributed by atoms with Crippen LogP contribution in [0.5, 0.6) is 5.06 Å². The second-order valence-electron chi connectivity index (χ2n) is 7.25. The molecule has 3 nitrogen and oxygen atoms in total. The van der Waals surface area contributed by atoms with E-state index in [2.05, 4.69) is 29.6 Å². The molecule has 154 valence electrons. The third kappa shape index (κ3) is 3.33. The molecule has 0 aliphatic carbocycles. The summed E-state index contributed by atoms with van der Waals surface area (Å²) in [6, 6.07) is 28.5. The highest BCUT2D eigenvalue weighted by Crippen LogP contribution is 2.49. The van der Waals surface area contributed by atoms with Crippen molar-refractivity contribution < 1.29 is 5.11 Å². The molecule has 0 saturated carbocycles. The van der Waals surface area contributed by atoms with Gasteiger partial charge in [-0.2, -0.15) is 0 Å². The van der Waals surface area contributed by atoms with Crippen LogP contribution >= 0.6 is 34.0 Å². The van der Waals surface area contributed by atoms with Crippen molar-refractivity contribution in [1.82, 2.24) is 9.97 Å². The second-order valence-corrected chi connectivity index (χ2v) is 10.1. The Morgan fingerprint density at radius 1 is 0.656 bits per heavy atom. The standard InChI is InChI=1S/C26H16N2OS3/c29-26-22(28-25(32-26)17-11-5-2-6-12-17)21-18-13-7-8-14-20(18)31-23(21)19-15-30-24(27-19)16-9-3-1-4-10-16/h1-15,29H. The van der Waals surface area contributed by atoms with Crippen LogP contribution in [0.3, 0.4) is 0 Å². The second kappa shape index (κ2) is 7.98. The van der Waals surface area contributed by atoms with Crippen LogP contribution in [-0.4, -0.2) is 15.1 Å². The molecule has 3 aromatic heterocycles. The molecule has 0 aliphatic heterocycles. The summed E-state index contributed by atoms with van der Waals surface area (Å²) in [7, 11) is 0. The third-order valence-corrected chi connectivity index (χ3v) is 8.21. The molecule has 3 heterocycles. The first-order valence-electron chi connectivity index (χ1n) is 10.1. The minimum Gasteiger partial charge on any atom is -0.498 e. The van der Waals surface area contributed by atoms with Gasteiger partial charge in [-0.3, -0.25) is 0 Å². The molecule has 3 aromatic carbocycles. The van der Waals surface area contributed by atoms with Crippen molar-refractivity contribution in [2.45, 2.75) is 0 Å². The van der Waals surface area contributed by atoms with Gasteiger partial charge in [-0.15, -0.1) is 22.7 Å². The van der Waals surface area contributed by atoms with Gasteiger partial charge < -0.3 is 5.11 Å². The topological polar surface area (TPSA) is 46.0 Å². The van der Waals surface area contributed by atoms with E-state index in [9.17, 15) is 5.11 Å². The normalized spacial score (nSPS) is 11.2. The van der Waals surface area contributed by atoms with Gasteiger partial charge in [0.1, 0.15) is 15.7 Å². The SMILES string of the molecule is Oc1sc(-c2ccccc2)nc1-c1c(-c2csc(-c3ccccc3)n2)sc2ccccc12. The summed E-state index contributed by atoms with van der Waals surface area (Å²) in [4.78, 5) is 10.9. The molecule has 0 unspecified atom stereocenters. The highest BCUT2D eigenvalue weighted by molar-refractivity contribution is 7.23. The van der Waals surface area contributed by atoms with E-state index in [0.717, 1.165) is 47.4 Å². The number of nitrogens with zero attached hydrogens (tertiary/aromatic N) is 2. The van der Waals surface area contributed by atoms with Crippen LogP contribution < -0.4 is 0 Å². The molecule has 0 amide bonds. The molecular formula is C26H16N2OS3. The summed E-state index contributed by atoms with van der Waals surface area (Å²) in [5.41, 5.74) is 4.59. The van der Waals surface area contributed by atoms with Gasteiger partial charge in [0, 0.05) is 32.2 Å². The highest BCUT2D eigenvalue weighted by atomic mass is 32.1. The largest absolute Gasteiger partial charge is 0.498 e. The van der Waals surface area contributed by atoms with Crippen molar-refractivity contribution in [1.29, 1.82) is 0 Å². The van der Waals surface area contributed by atoms with Crippen LogP contribution in [0.4, 0.5) is 0 Å². The summed E-state index contributed by atoms with van der Waals surface area (Å²) < 4.78 is 1.15. The molecule has 6 aromatic rings. The fourth-order valence-corrected chi connectivity index (χ4v) is 6.61. The number of rotatable bonds is 4. The van der Waals surface area contributed by atoms with Crippen LogP contribution in [0.15, 0.2) is 90.3 Å². The van der Waals surface area contributed by atoms with Gasteiger partial charge in [-0.05, 0) is 6.07 Å². The summed E-state index contributed by atoms with van der Waals surface area (Å²) >= 11 is 4.64. The number of aromatic hydroxyl groups is 1. The number of aromatic nitrogens is 2. The average Bonchev–Trinajstić information content (AvgIpc) is 3.56. The quantitative estimate of drug-likeness (QED) is 0.284. The van der Waals surface area contributed by atoms with E-state index in [1.165, 1.54) is 11.3 Å². The Balaban J connectivity index is 1.54. The van der Waals surface area contributed by atoms with Gasteiger partial charge in [-0.25, -0.2) is 9.97 Å². The maximum Gasteiger partial charge on any atom is 0.200 e. The van der Waals surface area contributed by atoms with Crippen LogP contribution in [0.1, 0.15) is 0 Å². The highest BCUT2D eigenvalue weighted by Gasteiger charge is 2.23. The zero-order valence-electron chi connectivity index (χ0n) is 16.7.